The molecular formula is C17H15FN4O2S. The average Bonchev–Trinajstić information content (AvgIpc) is 3.15. The quantitative estimate of drug-likeness (QED) is 0.732. The van der Waals surface area contributed by atoms with Gasteiger partial charge in [0.15, 0.2) is 11.6 Å². The standard InChI is InChI=1S/C17H15FN4O2S/c1-10-2-3-11(16-20-5-12(18)6-21-16)4-13(10)17(24)22-7-14(23)15-8-19-9-25-15/h2-6,8-9,14,23H,7H2,1H3,(H,22,24). The van der Waals surface area contributed by atoms with Crippen molar-refractivity contribution in [1.29, 1.82) is 0 Å². The van der Waals surface area contributed by atoms with Crippen molar-refractivity contribution in [2.45, 2.75) is 13.0 Å². The molecule has 0 aliphatic heterocycles. The lowest BCUT2D eigenvalue weighted by molar-refractivity contribution is 0.0917. The Morgan fingerprint density at radius 2 is 2.08 bits per heavy atom. The third-order valence-corrected chi connectivity index (χ3v) is 4.47. The summed E-state index contributed by atoms with van der Waals surface area (Å²) in [5, 5.41) is 12.7. The molecule has 0 radical (unpaired) electrons. The van der Waals surface area contributed by atoms with E-state index < -0.39 is 11.9 Å². The Morgan fingerprint density at radius 1 is 1.32 bits per heavy atom. The van der Waals surface area contributed by atoms with E-state index in [1.54, 1.807) is 29.9 Å². The predicted molar refractivity (Wildman–Crippen MR) is 91.6 cm³/mol. The maximum absolute atomic E-state index is 13.0. The van der Waals surface area contributed by atoms with E-state index in [2.05, 4.69) is 20.3 Å². The van der Waals surface area contributed by atoms with Crippen molar-refractivity contribution < 1.29 is 14.3 Å². The summed E-state index contributed by atoms with van der Waals surface area (Å²) in [5.74, 6) is -0.504. The van der Waals surface area contributed by atoms with Gasteiger partial charge in [-0.05, 0) is 18.6 Å². The lowest BCUT2D eigenvalue weighted by Crippen LogP contribution is -2.28. The van der Waals surface area contributed by atoms with Crippen LogP contribution in [0.15, 0.2) is 42.3 Å². The highest BCUT2D eigenvalue weighted by Gasteiger charge is 2.15. The lowest BCUT2D eigenvalue weighted by atomic mass is 10.0. The van der Waals surface area contributed by atoms with Crippen LogP contribution in [-0.4, -0.2) is 32.5 Å². The number of rotatable bonds is 5. The smallest absolute Gasteiger partial charge is 0.251 e. The van der Waals surface area contributed by atoms with E-state index in [1.807, 2.05) is 6.92 Å². The number of aliphatic hydroxyl groups is 1. The first kappa shape index (κ1) is 17.1. The number of aliphatic hydroxyl groups excluding tert-OH is 1. The number of hydrogen-bond donors (Lipinski definition) is 2. The molecule has 1 aromatic carbocycles. The Bertz CT molecular complexity index is 869. The van der Waals surface area contributed by atoms with E-state index in [1.165, 1.54) is 11.3 Å². The van der Waals surface area contributed by atoms with Crippen molar-refractivity contribution in [2.75, 3.05) is 6.54 Å². The monoisotopic (exact) mass is 358 g/mol. The van der Waals surface area contributed by atoms with Crippen LogP contribution in [0.4, 0.5) is 4.39 Å². The molecule has 128 valence electrons. The fourth-order valence-electron chi connectivity index (χ4n) is 2.24. The molecule has 2 heterocycles. The summed E-state index contributed by atoms with van der Waals surface area (Å²) in [6, 6.07) is 5.19. The van der Waals surface area contributed by atoms with Crippen molar-refractivity contribution in [3.05, 3.63) is 64.1 Å². The molecule has 25 heavy (non-hydrogen) atoms. The second-order valence-electron chi connectivity index (χ2n) is 5.38. The number of carbonyl (C=O) groups excluding carboxylic acids is 1. The van der Waals surface area contributed by atoms with Crippen molar-refractivity contribution in [2.24, 2.45) is 0 Å². The van der Waals surface area contributed by atoms with Gasteiger partial charge in [0, 0.05) is 23.9 Å². The van der Waals surface area contributed by atoms with Crippen molar-refractivity contribution in [3.8, 4) is 11.4 Å². The number of benzene rings is 1. The molecule has 6 nitrogen and oxygen atoms in total. The summed E-state index contributed by atoms with van der Waals surface area (Å²) in [5.41, 5.74) is 3.45. The molecule has 8 heteroatoms. The second-order valence-corrected chi connectivity index (χ2v) is 6.30. The van der Waals surface area contributed by atoms with Crippen LogP contribution in [0.5, 0.6) is 0 Å². The van der Waals surface area contributed by atoms with E-state index in [0.29, 0.717) is 21.8 Å². The Morgan fingerprint density at radius 3 is 2.76 bits per heavy atom. The lowest BCUT2D eigenvalue weighted by Gasteiger charge is -2.12. The third-order valence-electron chi connectivity index (χ3n) is 3.60. The summed E-state index contributed by atoms with van der Waals surface area (Å²) in [6.07, 6.45) is 2.92. The Labute approximate surface area is 147 Å². The van der Waals surface area contributed by atoms with E-state index >= 15 is 0 Å². The third kappa shape index (κ3) is 4.04. The Kier molecular flexibility index (Phi) is 5.11. The summed E-state index contributed by atoms with van der Waals surface area (Å²) < 4.78 is 13.0. The summed E-state index contributed by atoms with van der Waals surface area (Å²) in [6.45, 7) is 1.89. The highest BCUT2D eigenvalue weighted by Crippen LogP contribution is 2.20. The number of halogens is 1. The molecule has 1 unspecified atom stereocenters. The zero-order valence-electron chi connectivity index (χ0n) is 13.3. The number of amides is 1. The van der Waals surface area contributed by atoms with Gasteiger partial charge in [-0.3, -0.25) is 9.78 Å². The van der Waals surface area contributed by atoms with Gasteiger partial charge in [0.1, 0.15) is 6.10 Å². The maximum atomic E-state index is 13.0. The molecule has 2 aromatic heterocycles. The van der Waals surface area contributed by atoms with Gasteiger partial charge in [0.25, 0.3) is 5.91 Å². The van der Waals surface area contributed by atoms with Gasteiger partial charge in [-0.15, -0.1) is 11.3 Å². The van der Waals surface area contributed by atoms with E-state index in [4.69, 9.17) is 0 Å². The number of nitrogens with one attached hydrogen (secondary N) is 1. The highest BCUT2D eigenvalue weighted by atomic mass is 32.1. The Hall–Kier alpha value is -2.71. The molecule has 0 bridgehead atoms. The zero-order chi connectivity index (χ0) is 17.8. The summed E-state index contributed by atoms with van der Waals surface area (Å²) in [4.78, 5) is 24.9. The van der Waals surface area contributed by atoms with Gasteiger partial charge >= 0.3 is 0 Å². The van der Waals surface area contributed by atoms with Crippen LogP contribution in [0, 0.1) is 12.7 Å². The molecule has 3 rings (SSSR count). The number of aryl methyl sites for hydroxylation is 1. The van der Waals surface area contributed by atoms with Crippen molar-refractivity contribution >= 4 is 17.2 Å². The fourth-order valence-corrected chi connectivity index (χ4v) is 2.85. The molecule has 2 N–H and O–H groups in total. The molecule has 0 spiro atoms. The van der Waals surface area contributed by atoms with E-state index in [9.17, 15) is 14.3 Å². The molecule has 1 amide bonds. The summed E-state index contributed by atoms with van der Waals surface area (Å²) >= 11 is 1.32. The first-order valence-corrected chi connectivity index (χ1v) is 8.36. The van der Waals surface area contributed by atoms with Crippen LogP contribution in [0.1, 0.15) is 26.9 Å². The van der Waals surface area contributed by atoms with Crippen LogP contribution in [-0.2, 0) is 0 Å². The topological polar surface area (TPSA) is 88.0 Å². The van der Waals surface area contributed by atoms with Gasteiger partial charge in [-0.25, -0.2) is 14.4 Å². The minimum absolute atomic E-state index is 0.0811. The number of thiazole rings is 1. The average molecular weight is 358 g/mol. The predicted octanol–water partition coefficient (Wildman–Crippen LogP) is 2.51. The molecule has 0 saturated carbocycles. The highest BCUT2D eigenvalue weighted by molar-refractivity contribution is 7.09. The van der Waals surface area contributed by atoms with Crippen LogP contribution in [0.3, 0.4) is 0 Å². The number of carbonyl (C=O) groups is 1. The van der Waals surface area contributed by atoms with Gasteiger partial charge in [0.2, 0.25) is 0 Å². The number of nitrogens with zero attached hydrogens (tertiary/aromatic N) is 3. The van der Waals surface area contributed by atoms with Gasteiger partial charge in [0.05, 0.1) is 22.8 Å². The minimum Gasteiger partial charge on any atom is -0.386 e. The zero-order valence-corrected chi connectivity index (χ0v) is 14.1. The van der Waals surface area contributed by atoms with Crippen LogP contribution < -0.4 is 5.32 Å². The van der Waals surface area contributed by atoms with Gasteiger partial charge in [-0.2, -0.15) is 0 Å². The molecule has 0 saturated heterocycles. The number of hydrogen-bond acceptors (Lipinski definition) is 6. The normalized spacial score (nSPS) is 12.0. The molecule has 1 atom stereocenters. The fraction of sp³-hybridized carbons (Fsp3) is 0.176. The van der Waals surface area contributed by atoms with Crippen molar-refractivity contribution in [1.82, 2.24) is 20.3 Å². The minimum atomic E-state index is -0.805. The SMILES string of the molecule is Cc1ccc(-c2ncc(F)cn2)cc1C(=O)NCC(O)c1cncs1. The molecule has 0 aliphatic rings. The van der Waals surface area contributed by atoms with Crippen LogP contribution in [0.25, 0.3) is 11.4 Å². The van der Waals surface area contributed by atoms with Crippen LogP contribution >= 0.6 is 11.3 Å². The first-order chi connectivity index (χ1) is 12.0. The largest absolute Gasteiger partial charge is 0.386 e. The van der Waals surface area contributed by atoms with Crippen molar-refractivity contribution in [3.63, 3.8) is 0 Å². The first-order valence-electron chi connectivity index (χ1n) is 7.48. The van der Waals surface area contributed by atoms with Crippen LogP contribution in [0.2, 0.25) is 0 Å². The van der Waals surface area contributed by atoms with Gasteiger partial charge in [-0.1, -0.05) is 12.1 Å². The molecular weight excluding hydrogens is 343 g/mol. The molecule has 0 aliphatic carbocycles. The Balaban J connectivity index is 1.75. The molecule has 3 aromatic rings. The summed E-state index contributed by atoms with van der Waals surface area (Å²) in [7, 11) is 0. The van der Waals surface area contributed by atoms with Gasteiger partial charge < -0.3 is 10.4 Å². The molecule has 0 fully saturated rings. The van der Waals surface area contributed by atoms with E-state index in [-0.39, 0.29) is 12.5 Å². The van der Waals surface area contributed by atoms with E-state index in [0.717, 1.165) is 18.0 Å². The maximum Gasteiger partial charge on any atom is 0.251 e. The number of aromatic nitrogens is 3. The second kappa shape index (κ2) is 7.45.